The summed E-state index contributed by atoms with van der Waals surface area (Å²) in [6, 6.07) is 13.2. The Hall–Kier alpha value is -3.07. The Morgan fingerprint density at radius 3 is 2.15 bits per heavy atom. The zero-order chi connectivity index (χ0) is 24.8. The summed E-state index contributed by atoms with van der Waals surface area (Å²) < 4.78 is 31.4. The molecule has 0 heterocycles. The number of rotatable bonds is 10. The number of carbonyl (C=O) groups is 2. The van der Waals surface area contributed by atoms with Crippen molar-refractivity contribution in [3.8, 4) is 5.75 Å². The smallest absolute Gasteiger partial charge is 0.244 e. The minimum atomic E-state index is -3.75. The lowest BCUT2D eigenvalue weighted by atomic mass is 10.1. The molecule has 0 aromatic heterocycles. The third-order valence-corrected chi connectivity index (χ3v) is 6.30. The summed E-state index contributed by atoms with van der Waals surface area (Å²) in [4.78, 5) is 27.6. The van der Waals surface area contributed by atoms with Gasteiger partial charge in [0.2, 0.25) is 21.8 Å². The van der Waals surface area contributed by atoms with E-state index in [1.54, 1.807) is 57.4 Å². The van der Waals surface area contributed by atoms with Crippen molar-refractivity contribution in [1.82, 2.24) is 10.2 Å². The number of aryl methyl sites for hydroxylation is 1. The van der Waals surface area contributed by atoms with Crippen LogP contribution in [0.25, 0.3) is 0 Å². The van der Waals surface area contributed by atoms with Gasteiger partial charge in [0, 0.05) is 12.6 Å². The lowest BCUT2D eigenvalue weighted by molar-refractivity contribution is -0.139. The number of para-hydroxylation sites is 1. The van der Waals surface area contributed by atoms with Crippen molar-refractivity contribution in [2.24, 2.45) is 0 Å². The van der Waals surface area contributed by atoms with Crippen molar-refractivity contribution < 1.29 is 22.7 Å². The molecule has 9 heteroatoms. The minimum absolute atomic E-state index is 0.0997. The van der Waals surface area contributed by atoms with Crippen LogP contribution in [0.4, 0.5) is 5.69 Å². The summed E-state index contributed by atoms with van der Waals surface area (Å²) in [6.45, 7) is 6.82. The lowest BCUT2D eigenvalue weighted by Gasteiger charge is -2.32. The molecule has 0 fully saturated rings. The normalized spacial score (nSPS) is 12.2. The standard InChI is InChI=1S/C24H33N3O5S/c1-17(2)25-24(29)19(4)26(15-20-11-13-21(32-5)14-12-20)23(28)16-27(33(6,30)31)22-10-8-7-9-18(22)3/h7-14,17,19H,15-16H2,1-6H3,(H,25,29). The van der Waals surface area contributed by atoms with E-state index >= 15 is 0 Å². The number of amides is 2. The van der Waals surface area contributed by atoms with E-state index in [4.69, 9.17) is 4.74 Å². The van der Waals surface area contributed by atoms with E-state index < -0.39 is 28.5 Å². The van der Waals surface area contributed by atoms with E-state index in [0.29, 0.717) is 11.4 Å². The van der Waals surface area contributed by atoms with Crippen LogP contribution in [-0.2, 0) is 26.2 Å². The Bertz CT molecular complexity index is 1070. The Labute approximate surface area is 196 Å². The van der Waals surface area contributed by atoms with Gasteiger partial charge in [0.1, 0.15) is 18.3 Å². The quantitative estimate of drug-likeness (QED) is 0.570. The SMILES string of the molecule is COc1ccc(CN(C(=O)CN(c2ccccc2C)S(C)(=O)=O)C(C)C(=O)NC(C)C)cc1. The van der Waals surface area contributed by atoms with E-state index in [-0.39, 0.29) is 18.5 Å². The van der Waals surface area contributed by atoms with Crippen molar-refractivity contribution in [3.63, 3.8) is 0 Å². The first-order chi connectivity index (χ1) is 15.4. The molecule has 8 nitrogen and oxygen atoms in total. The number of benzene rings is 2. The first-order valence-electron chi connectivity index (χ1n) is 10.7. The highest BCUT2D eigenvalue weighted by Gasteiger charge is 2.30. The largest absolute Gasteiger partial charge is 0.497 e. The number of hydrogen-bond acceptors (Lipinski definition) is 5. The summed E-state index contributed by atoms with van der Waals surface area (Å²) in [5.41, 5.74) is 1.94. The van der Waals surface area contributed by atoms with Gasteiger partial charge in [0.05, 0.1) is 19.1 Å². The van der Waals surface area contributed by atoms with Crippen LogP contribution < -0.4 is 14.4 Å². The van der Waals surface area contributed by atoms with Crippen LogP contribution >= 0.6 is 0 Å². The van der Waals surface area contributed by atoms with Crippen LogP contribution in [0.2, 0.25) is 0 Å². The first kappa shape index (κ1) is 26.2. The summed E-state index contributed by atoms with van der Waals surface area (Å²) in [5.74, 6) is -0.121. The summed E-state index contributed by atoms with van der Waals surface area (Å²) >= 11 is 0. The second-order valence-electron chi connectivity index (χ2n) is 8.27. The maximum atomic E-state index is 13.5. The molecule has 0 bridgehead atoms. The monoisotopic (exact) mass is 475 g/mol. The summed E-state index contributed by atoms with van der Waals surface area (Å²) in [6.07, 6.45) is 1.06. The number of nitrogens with one attached hydrogen (secondary N) is 1. The van der Waals surface area contributed by atoms with Gasteiger partial charge in [-0.3, -0.25) is 13.9 Å². The highest BCUT2D eigenvalue weighted by atomic mass is 32.2. The summed E-state index contributed by atoms with van der Waals surface area (Å²) in [7, 11) is -2.18. The average Bonchev–Trinajstić information content (AvgIpc) is 2.75. The van der Waals surface area contributed by atoms with Crippen LogP contribution in [0.5, 0.6) is 5.75 Å². The molecule has 0 saturated carbocycles. The van der Waals surface area contributed by atoms with Gasteiger partial charge in [0.25, 0.3) is 0 Å². The molecule has 0 aliphatic rings. The molecular formula is C24H33N3O5S. The predicted octanol–water partition coefficient (Wildman–Crippen LogP) is 2.71. The van der Waals surface area contributed by atoms with E-state index in [2.05, 4.69) is 5.32 Å². The highest BCUT2D eigenvalue weighted by Crippen LogP contribution is 2.23. The van der Waals surface area contributed by atoms with Crippen molar-refractivity contribution in [2.45, 2.75) is 46.3 Å². The predicted molar refractivity (Wildman–Crippen MR) is 130 cm³/mol. The van der Waals surface area contributed by atoms with Gasteiger partial charge in [-0.05, 0) is 57.0 Å². The topological polar surface area (TPSA) is 96.0 Å². The van der Waals surface area contributed by atoms with E-state index in [1.807, 2.05) is 26.0 Å². The Morgan fingerprint density at radius 2 is 1.64 bits per heavy atom. The van der Waals surface area contributed by atoms with E-state index in [1.165, 1.54) is 4.90 Å². The van der Waals surface area contributed by atoms with Crippen LogP contribution in [-0.4, -0.2) is 57.1 Å². The zero-order valence-corrected chi connectivity index (χ0v) is 20.8. The first-order valence-corrected chi connectivity index (χ1v) is 12.5. The van der Waals surface area contributed by atoms with Gasteiger partial charge in [-0.25, -0.2) is 8.42 Å². The van der Waals surface area contributed by atoms with Crippen LogP contribution in [0, 0.1) is 6.92 Å². The maximum absolute atomic E-state index is 13.5. The van der Waals surface area contributed by atoms with Gasteiger partial charge in [-0.2, -0.15) is 0 Å². The molecule has 0 radical (unpaired) electrons. The number of ether oxygens (including phenoxy) is 1. The van der Waals surface area contributed by atoms with E-state index in [0.717, 1.165) is 21.7 Å². The zero-order valence-electron chi connectivity index (χ0n) is 20.0. The number of anilines is 1. The molecule has 180 valence electrons. The fourth-order valence-electron chi connectivity index (χ4n) is 3.35. The number of carbonyl (C=O) groups excluding carboxylic acids is 2. The molecule has 2 amide bonds. The molecule has 0 aliphatic heterocycles. The van der Waals surface area contributed by atoms with Crippen molar-refractivity contribution >= 4 is 27.5 Å². The summed E-state index contributed by atoms with van der Waals surface area (Å²) in [5, 5.41) is 2.82. The fourth-order valence-corrected chi connectivity index (χ4v) is 4.26. The minimum Gasteiger partial charge on any atom is -0.497 e. The van der Waals surface area contributed by atoms with Gasteiger partial charge < -0.3 is 15.0 Å². The van der Waals surface area contributed by atoms with Crippen molar-refractivity contribution in [1.29, 1.82) is 0 Å². The third kappa shape index (κ3) is 7.21. The molecule has 0 saturated heterocycles. The van der Waals surface area contributed by atoms with Gasteiger partial charge in [-0.1, -0.05) is 30.3 Å². The van der Waals surface area contributed by atoms with E-state index in [9.17, 15) is 18.0 Å². The molecule has 2 aromatic rings. The number of methoxy groups -OCH3 is 1. The fraction of sp³-hybridized carbons (Fsp3) is 0.417. The molecule has 0 aliphatic carbocycles. The lowest BCUT2D eigenvalue weighted by Crippen LogP contribution is -2.52. The number of sulfonamides is 1. The Kier molecular flexibility index (Phi) is 8.87. The van der Waals surface area contributed by atoms with Crippen LogP contribution in [0.1, 0.15) is 31.9 Å². The molecule has 2 rings (SSSR count). The van der Waals surface area contributed by atoms with Gasteiger partial charge in [-0.15, -0.1) is 0 Å². The van der Waals surface area contributed by atoms with Crippen LogP contribution in [0.3, 0.4) is 0 Å². The molecule has 0 spiro atoms. The highest BCUT2D eigenvalue weighted by molar-refractivity contribution is 7.92. The molecule has 1 N–H and O–H groups in total. The second-order valence-corrected chi connectivity index (χ2v) is 10.2. The van der Waals surface area contributed by atoms with Crippen molar-refractivity contribution in [2.75, 3.05) is 24.2 Å². The maximum Gasteiger partial charge on any atom is 0.244 e. The van der Waals surface area contributed by atoms with Gasteiger partial charge in [0.15, 0.2) is 0 Å². The molecular weight excluding hydrogens is 442 g/mol. The number of hydrogen-bond donors (Lipinski definition) is 1. The third-order valence-electron chi connectivity index (χ3n) is 5.17. The molecule has 33 heavy (non-hydrogen) atoms. The molecule has 1 unspecified atom stereocenters. The van der Waals surface area contributed by atoms with Crippen LogP contribution in [0.15, 0.2) is 48.5 Å². The van der Waals surface area contributed by atoms with Crippen molar-refractivity contribution in [3.05, 3.63) is 59.7 Å². The Morgan fingerprint density at radius 1 is 1.03 bits per heavy atom. The van der Waals surface area contributed by atoms with Gasteiger partial charge >= 0.3 is 0 Å². The molecule has 1 atom stereocenters. The second kappa shape index (κ2) is 11.2. The molecule has 2 aromatic carbocycles. The Balaban J connectivity index is 2.39. The number of nitrogens with zero attached hydrogens (tertiary/aromatic N) is 2. The average molecular weight is 476 g/mol.